The van der Waals surface area contributed by atoms with Gasteiger partial charge in [-0.05, 0) is 42.0 Å². The van der Waals surface area contributed by atoms with Crippen molar-refractivity contribution in [1.29, 1.82) is 0 Å². The van der Waals surface area contributed by atoms with Gasteiger partial charge in [-0.2, -0.15) is 0 Å². The topological polar surface area (TPSA) is 96.9 Å². The van der Waals surface area contributed by atoms with Gasteiger partial charge in [-0.3, -0.25) is 4.72 Å². The Bertz CT molecular complexity index is 1480. The van der Waals surface area contributed by atoms with Crippen LogP contribution >= 0.6 is 38.6 Å². The lowest BCUT2D eigenvalue weighted by Gasteiger charge is -2.10. The van der Waals surface area contributed by atoms with Crippen molar-refractivity contribution in [1.82, 2.24) is 15.0 Å². The minimum atomic E-state index is -3.70. The number of sulfonamides is 1. The van der Waals surface area contributed by atoms with E-state index < -0.39 is 10.0 Å². The summed E-state index contributed by atoms with van der Waals surface area (Å²) in [5.74, 6) is 0.658. The number of hydrogen-bond donors (Lipinski definition) is 2. The van der Waals surface area contributed by atoms with Crippen LogP contribution in [0.5, 0.6) is 0 Å². The van der Waals surface area contributed by atoms with Gasteiger partial charge >= 0.3 is 0 Å². The van der Waals surface area contributed by atoms with E-state index >= 15 is 0 Å². The zero-order valence-corrected chi connectivity index (χ0v) is 20.2. The van der Waals surface area contributed by atoms with Crippen LogP contribution in [0.2, 0.25) is 0 Å². The smallest absolute Gasteiger partial charge is 0.263 e. The molecule has 0 saturated carbocycles. The fourth-order valence-electron chi connectivity index (χ4n) is 3.11. The van der Waals surface area contributed by atoms with Crippen LogP contribution in [0.4, 0.5) is 16.6 Å². The lowest BCUT2D eigenvalue weighted by Crippen LogP contribution is -2.12. The highest BCUT2D eigenvalue weighted by Gasteiger charge is 2.16. The average Bonchev–Trinajstić information content (AvgIpc) is 3.45. The minimum absolute atomic E-state index is 0.150. The summed E-state index contributed by atoms with van der Waals surface area (Å²) in [4.78, 5) is 13.8. The molecule has 3 heterocycles. The molecule has 0 unspecified atom stereocenters. The second kappa shape index (κ2) is 8.58. The van der Waals surface area contributed by atoms with Crippen LogP contribution in [0, 0.1) is 0 Å². The second-order valence-corrected chi connectivity index (χ2v) is 11.0. The zero-order valence-electron chi connectivity index (χ0n) is 16.2. The summed E-state index contributed by atoms with van der Waals surface area (Å²) in [5, 5.41) is 8.32. The van der Waals surface area contributed by atoms with Gasteiger partial charge < -0.3 is 5.32 Å². The van der Waals surface area contributed by atoms with E-state index in [1.54, 1.807) is 47.2 Å². The van der Waals surface area contributed by atoms with Gasteiger partial charge in [0.1, 0.15) is 17.0 Å². The van der Waals surface area contributed by atoms with Crippen LogP contribution < -0.4 is 10.0 Å². The van der Waals surface area contributed by atoms with Gasteiger partial charge in [-0.25, -0.2) is 23.4 Å². The predicted octanol–water partition coefficient (Wildman–Crippen LogP) is 6.12. The molecule has 0 bridgehead atoms. The molecular formula is C21H14BrN5O2S3. The van der Waals surface area contributed by atoms with Crippen molar-refractivity contribution >= 4 is 75.5 Å². The number of halogens is 1. The number of thiazole rings is 1. The summed E-state index contributed by atoms with van der Waals surface area (Å²) >= 11 is 6.24. The van der Waals surface area contributed by atoms with E-state index in [2.05, 4.69) is 46.3 Å². The molecule has 7 nitrogen and oxygen atoms in total. The first-order valence-electron chi connectivity index (χ1n) is 9.27. The summed E-state index contributed by atoms with van der Waals surface area (Å²) in [6, 6.07) is 14.6. The van der Waals surface area contributed by atoms with Gasteiger partial charge in [-0.1, -0.05) is 28.1 Å². The summed E-state index contributed by atoms with van der Waals surface area (Å²) in [5.41, 5.74) is 2.81. The number of hydrogen-bond acceptors (Lipinski definition) is 8. The second-order valence-electron chi connectivity index (χ2n) is 6.65. The van der Waals surface area contributed by atoms with E-state index in [9.17, 15) is 8.42 Å². The molecule has 11 heteroatoms. The molecule has 0 amide bonds. The Balaban J connectivity index is 1.45. The molecule has 0 radical (unpaired) electrons. The molecule has 0 aliphatic carbocycles. The van der Waals surface area contributed by atoms with Gasteiger partial charge in [0.15, 0.2) is 5.13 Å². The number of anilines is 3. The number of aromatic nitrogens is 3. The Hall–Kier alpha value is -2.86. The molecule has 3 aromatic heterocycles. The van der Waals surface area contributed by atoms with Crippen molar-refractivity contribution < 1.29 is 8.42 Å². The minimum Gasteiger partial charge on any atom is -0.340 e. The normalized spacial score (nSPS) is 11.5. The Labute approximate surface area is 200 Å². The summed E-state index contributed by atoms with van der Waals surface area (Å²) in [6.45, 7) is 0. The number of benzene rings is 2. The third-order valence-electron chi connectivity index (χ3n) is 4.61. The molecule has 2 N–H and O–H groups in total. The van der Waals surface area contributed by atoms with E-state index in [0.29, 0.717) is 16.6 Å². The van der Waals surface area contributed by atoms with Crippen molar-refractivity contribution in [2.45, 2.75) is 4.90 Å². The molecule has 0 aliphatic heterocycles. The SMILES string of the molecule is O=S(=O)(Nc1nccs1)c1ccc(Nc2ncnc3scc(-c4ccc(Br)cc4)c23)cc1. The van der Waals surface area contributed by atoms with Crippen LogP contribution in [-0.2, 0) is 10.0 Å². The molecule has 0 spiro atoms. The van der Waals surface area contributed by atoms with Gasteiger partial charge in [-0.15, -0.1) is 22.7 Å². The molecule has 5 rings (SSSR count). The van der Waals surface area contributed by atoms with E-state index in [1.165, 1.54) is 17.7 Å². The van der Waals surface area contributed by atoms with Crippen LogP contribution in [0.1, 0.15) is 0 Å². The molecule has 0 atom stereocenters. The Morgan fingerprint density at radius 1 is 0.906 bits per heavy atom. The van der Waals surface area contributed by atoms with Gasteiger partial charge in [0.25, 0.3) is 10.0 Å². The van der Waals surface area contributed by atoms with Gasteiger partial charge in [0.05, 0.1) is 10.3 Å². The highest BCUT2D eigenvalue weighted by molar-refractivity contribution is 9.10. The molecule has 0 aliphatic rings. The van der Waals surface area contributed by atoms with E-state index in [-0.39, 0.29) is 4.90 Å². The van der Waals surface area contributed by atoms with E-state index in [0.717, 1.165) is 25.8 Å². The number of nitrogens with zero attached hydrogens (tertiary/aromatic N) is 3. The third-order valence-corrected chi connectivity index (χ3v) is 8.19. The Morgan fingerprint density at radius 2 is 1.69 bits per heavy atom. The molecule has 5 aromatic rings. The number of thiophene rings is 1. The average molecular weight is 544 g/mol. The molecule has 32 heavy (non-hydrogen) atoms. The Kier molecular flexibility index (Phi) is 5.64. The molecule has 0 fully saturated rings. The lowest BCUT2D eigenvalue weighted by molar-refractivity contribution is 0.601. The van der Waals surface area contributed by atoms with Crippen molar-refractivity contribution in [2.75, 3.05) is 10.0 Å². The largest absolute Gasteiger partial charge is 0.340 e. The van der Waals surface area contributed by atoms with Crippen molar-refractivity contribution in [2.24, 2.45) is 0 Å². The maximum Gasteiger partial charge on any atom is 0.263 e. The van der Waals surface area contributed by atoms with E-state index in [1.807, 2.05) is 24.3 Å². The Morgan fingerprint density at radius 3 is 2.41 bits per heavy atom. The van der Waals surface area contributed by atoms with Gasteiger partial charge in [0.2, 0.25) is 0 Å². The fourth-order valence-corrected chi connectivity index (χ4v) is 6.08. The summed E-state index contributed by atoms with van der Waals surface area (Å²) in [6.07, 6.45) is 3.06. The highest BCUT2D eigenvalue weighted by Crippen LogP contribution is 2.37. The summed E-state index contributed by atoms with van der Waals surface area (Å²) in [7, 11) is -3.70. The first kappa shape index (κ1) is 21.0. The zero-order chi connectivity index (χ0) is 22.1. The van der Waals surface area contributed by atoms with Crippen LogP contribution in [-0.4, -0.2) is 23.4 Å². The lowest BCUT2D eigenvalue weighted by atomic mass is 10.1. The molecular weight excluding hydrogens is 530 g/mol. The maximum atomic E-state index is 12.5. The van der Waals surface area contributed by atoms with Gasteiger partial charge in [0, 0.05) is 32.7 Å². The third kappa shape index (κ3) is 4.24. The quantitative estimate of drug-likeness (QED) is 0.267. The first-order valence-corrected chi connectivity index (χ1v) is 13.3. The van der Waals surface area contributed by atoms with E-state index in [4.69, 9.17) is 0 Å². The predicted molar refractivity (Wildman–Crippen MR) is 133 cm³/mol. The van der Waals surface area contributed by atoms with Crippen molar-refractivity contribution in [3.05, 3.63) is 76.3 Å². The maximum absolute atomic E-state index is 12.5. The van der Waals surface area contributed by atoms with Crippen LogP contribution in [0.25, 0.3) is 21.3 Å². The monoisotopic (exact) mass is 543 g/mol. The fraction of sp³-hybridized carbons (Fsp3) is 0. The number of fused-ring (bicyclic) bond motifs is 1. The molecule has 160 valence electrons. The van der Waals surface area contributed by atoms with Crippen LogP contribution in [0.3, 0.4) is 0 Å². The summed E-state index contributed by atoms with van der Waals surface area (Å²) < 4.78 is 28.6. The molecule has 2 aromatic carbocycles. The number of rotatable bonds is 6. The van der Waals surface area contributed by atoms with Crippen molar-refractivity contribution in [3.8, 4) is 11.1 Å². The first-order chi connectivity index (χ1) is 15.5. The van der Waals surface area contributed by atoms with Crippen LogP contribution in [0.15, 0.2) is 81.2 Å². The highest BCUT2D eigenvalue weighted by atomic mass is 79.9. The molecule has 0 saturated heterocycles. The number of nitrogens with one attached hydrogen (secondary N) is 2. The van der Waals surface area contributed by atoms with Crippen molar-refractivity contribution in [3.63, 3.8) is 0 Å². The standard InChI is InChI=1S/C21H14BrN5O2S3/c22-14-3-1-13(2-4-14)17-11-31-20-18(17)19(24-12-25-20)26-15-5-7-16(8-6-15)32(28,29)27-21-23-9-10-30-21/h1-12H,(H,23,27)(H,24,25,26).